The number of nitrogens with zero attached hydrogens (tertiary/aromatic N) is 1. The fourth-order valence-electron chi connectivity index (χ4n) is 2.97. The topological polar surface area (TPSA) is 32.3 Å². The first-order chi connectivity index (χ1) is 11.1. The summed E-state index contributed by atoms with van der Waals surface area (Å²) in [5.41, 5.74) is 3.38. The van der Waals surface area contributed by atoms with E-state index in [-0.39, 0.29) is 11.8 Å². The molecule has 4 heteroatoms. The Morgan fingerprint density at radius 3 is 2.48 bits per heavy atom. The first-order valence-electron chi connectivity index (χ1n) is 8.00. The third-order valence-electron chi connectivity index (χ3n) is 4.36. The first-order valence-corrected chi connectivity index (χ1v) is 8.79. The van der Waals surface area contributed by atoms with Crippen LogP contribution in [0.3, 0.4) is 0 Å². The summed E-state index contributed by atoms with van der Waals surface area (Å²) in [6.45, 7) is 3.96. The van der Waals surface area contributed by atoms with Gasteiger partial charge in [0.2, 0.25) is 5.91 Å². The SMILES string of the molecule is Cc1ccc(N2CCC(C(=O)Nc3cccc(Br)c3)CC2)cc1. The van der Waals surface area contributed by atoms with Gasteiger partial charge in [0.1, 0.15) is 0 Å². The molecule has 1 N–H and O–H groups in total. The highest BCUT2D eigenvalue weighted by Gasteiger charge is 2.25. The average Bonchev–Trinajstić information content (AvgIpc) is 2.56. The van der Waals surface area contributed by atoms with Crippen LogP contribution in [0.5, 0.6) is 0 Å². The van der Waals surface area contributed by atoms with Gasteiger partial charge in [0.15, 0.2) is 0 Å². The van der Waals surface area contributed by atoms with Gasteiger partial charge in [0, 0.05) is 34.9 Å². The fourth-order valence-corrected chi connectivity index (χ4v) is 3.37. The number of carbonyl (C=O) groups is 1. The van der Waals surface area contributed by atoms with Crippen molar-refractivity contribution < 1.29 is 4.79 Å². The average molecular weight is 373 g/mol. The summed E-state index contributed by atoms with van der Waals surface area (Å²) in [5, 5.41) is 3.03. The maximum atomic E-state index is 12.4. The number of piperidine rings is 1. The van der Waals surface area contributed by atoms with Crippen molar-refractivity contribution in [2.75, 3.05) is 23.3 Å². The molecular weight excluding hydrogens is 352 g/mol. The van der Waals surface area contributed by atoms with Crippen LogP contribution in [0, 0.1) is 12.8 Å². The van der Waals surface area contributed by atoms with E-state index >= 15 is 0 Å². The summed E-state index contributed by atoms with van der Waals surface area (Å²) in [4.78, 5) is 14.8. The molecule has 120 valence electrons. The number of halogens is 1. The zero-order valence-electron chi connectivity index (χ0n) is 13.3. The van der Waals surface area contributed by atoms with Crippen molar-refractivity contribution in [1.82, 2.24) is 0 Å². The molecule has 0 aromatic heterocycles. The number of nitrogens with one attached hydrogen (secondary N) is 1. The molecule has 1 heterocycles. The van der Waals surface area contributed by atoms with Crippen LogP contribution in [0.15, 0.2) is 53.0 Å². The molecule has 2 aromatic carbocycles. The summed E-state index contributed by atoms with van der Waals surface area (Å²) in [5.74, 6) is 0.224. The van der Waals surface area contributed by atoms with Gasteiger partial charge in [-0.3, -0.25) is 4.79 Å². The Labute approximate surface area is 145 Å². The van der Waals surface area contributed by atoms with Gasteiger partial charge < -0.3 is 10.2 Å². The molecule has 0 spiro atoms. The summed E-state index contributed by atoms with van der Waals surface area (Å²) in [6, 6.07) is 16.3. The number of rotatable bonds is 3. The van der Waals surface area contributed by atoms with Gasteiger partial charge in [-0.1, -0.05) is 39.7 Å². The summed E-state index contributed by atoms with van der Waals surface area (Å²) < 4.78 is 0.976. The van der Waals surface area contributed by atoms with Crippen molar-refractivity contribution in [3.8, 4) is 0 Å². The second-order valence-electron chi connectivity index (χ2n) is 6.10. The van der Waals surface area contributed by atoms with Crippen LogP contribution in [0.1, 0.15) is 18.4 Å². The monoisotopic (exact) mass is 372 g/mol. The van der Waals surface area contributed by atoms with E-state index in [1.54, 1.807) is 0 Å². The molecule has 3 nitrogen and oxygen atoms in total. The minimum atomic E-state index is 0.0932. The van der Waals surface area contributed by atoms with E-state index in [9.17, 15) is 4.79 Å². The van der Waals surface area contributed by atoms with E-state index in [1.807, 2.05) is 24.3 Å². The van der Waals surface area contributed by atoms with Gasteiger partial charge in [0.05, 0.1) is 0 Å². The van der Waals surface area contributed by atoms with Crippen LogP contribution in [0.2, 0.25) is 0 Å². The Morgan fingerprint density at radius 2 is 1.83 bits per heavy atom. The first kappa shape index (κ1) is 16.1. The minimum Gasteiger partial charge on any atom is -0.371 e. The number of aryl methyl sites for hydroxylation is 1. The lowest BCUT2D eigenvalue weighted by Crippen LogP contribution is -2.38. The van der Waals surface area contributed by atoms with Gasteiger partial charge in [-0.05, 0) is 50.1 Å². The third kappa shape index (κ3) is 4.14. The second-order valence-corrected chi connectivity index (χ2v) is 7.01. The molecule has 1 fully saturated rings. The number of amides is 1. The quantitative estimate of drug-likeness (QED) is 0.852. The van der Waals surface area contributed by atoms with Crippen LogP contribution in [-0.4, -0.2) is 19.0 Å². The van der Waals surface area contributed by atoms with Crippen molar-refractivity contribution in [3.05, 3.63) is 58.6 Å². The van der Waals surface area contributed by atoms with Crippen molar-refractivity contribution in [2.24, 2.45) is 5.92 Å². The lowest BCUT2D eigenvalue weighted by Gasteiger charge is -2.33. The number of hydrogen-bond donors (Lipinski definition) is 1. The highest BCUT2D eigenvalue weighted by Crippen LogP contribution is 2.25. The molecule has 1 aliphatic heterocycles. The molecule has 0 aliphatic carbocycles. The molecule has 1 aliphatic rings. The van der Waals surface area contributed by atoms with Crippen molar-refractivity contribution in [3.63, 3.8) is 0 Å². The van der Waals surface area contributed by atoms with E-state index in [2.05, 4.69) is 57.3 Å². The van der Waals surface area contributed by atoms with E-state index in [4.69, 9.17) is 0 Å². The van der Waals surface area contributed by atoms with Crippen molar-refractivity contribution in [1.29, 1.82) is 0 Å². The Bertz CT molecular complexity index is 676. The summed E-state index contributed by atoms with van der Waals surface area (Å²) in [6.07, 6.45) is 1.79. The van der Waals surface area contributed by atoms with Crippen LogP contribution in [0.4, 0.5) is 11.4 Å². The Morgan fingerprint density at radius 1 is 1.13 bits per heavy atom. The predicted molar refractivity (Wildman–Crippen MR) is 98.9 cm³/mol. The Kier molecular flexibility index (Phi) is 5.01. The molecule has 0 radical (unpaired) electrons. The second kappa shape index (κ2) is 7.18. The minimum absolute atomic E-state index is 0.0932. The smallest absolute Gasteiger partial charge is 0.227 e. The number of benzene rings is 2. The molecule has 2 aromatic rings. The van der Waals surface area contributed by atoms with Gasteiger partial charge in [-0.2, -0.15) is 0 Å². The molecule has 0 unspecified atom stereocenters. The number of carbonyl (C=O) groups excluding carboxylic acids is 1. The maximum absolute atomic E-state index is 12.4. The van der Waals surface area contributed by atoms with Gasteiger partial charge in [0.25, 0.3) is 0 Å². The lowest BCUT2D eigenvalue weighted by molar-refractivity contribution is -0.120. The molecule has 0 bridgehead atoms. The van der Waals surface area contributed by atoms with E-state index in [0.29, 0.717) is 0 Å². The van der Waals surface area contributed by atoms with Crippen molar-refractivity contribution in [2.45, 2.75) is 19.8 Å². The standard InChI is InChI=1S/C19H21BrN2O/c1-14-5-7-18(8-6-14)22-11-9-15(10-12-22)19(23)21-17-4-2-3-16(20)13-17/h2-8,13,15H,9-12H2,1H3,(H,21,23). The van der Waals surface area contributed by atoms with Crippen molar-refractivity contribution >= 4 is 33.2 Å². The molecule has 0 saturated carbocycles. The van der Waals surface area contributed by atoms with E-state index < -0.39 is 0 Å². The van der Waals surface area contributed by atoms with Crippen LogP contribution >= 0.6 is 15.9 Å². The zero-order valence-corrected chi connectivity index (χ0v) is 14.8. The lowest BCUT2D eigenvalue weighted by atomic mass is 9.95. The highest BCUT2D eigenvalue weighted by molar-refractivity contribution is 9.10. The highest BCUT2D eigenvalue weighted by atomic mass is 79.9. The molecule has 23 heavy (non-hydrogen) atoms. The predicted octanol–water partition coefficient (Wildman–Crippen LogP) is 4.61. The number of anilines is 2. The largest absolute Gasteiger partial charge is 0.371 e. The summed E-state index contributed by atoms with van der Waals surface area (Å²) in [7, 11) is 0. The Balaban J connectivity index is 1.56. The maximum Gasteiger partial charge on any atom is 0.227 e. The van der Waals surface area contributed by atoms with E-state index in [1.165, 1.54) is 11.3 Å². The van der Waals surface area contributed by atoms with Crippen LogP contribution < -0.4 is 10.2 Å². The molecule has 1 amide bonds. The van der Waals surface area contributed by atoms with Gasteiger partial charge in [-0.25, -0.2) is 0 Å². The van der Waals surface area contributed by atoms with Gasteiger partial charge in [-0.15, -0.1) is 0 Å². The van der Waals surface area contributed by atoms with E-state index in [0.717, 1.165) is 36.1 Å². The normalized spacial score (nSPS) is 15.5. The Hall–Kier alpha value is -1.81. The molecule has 1 saturated heterocycles. The fraction of sp³-hybridized carbons (Fsp3) is 0.316. The van der Waals surface area contributed by atoms with Gasteiger partial charge >= 0.3 is 0 Å². The molecule has 0 atom stereocenters. The van der Waals surface area contributed by atoms with Crippen LogP contribution in [0.25, 0.3) is 0 Å². The summed E-state index contributed by atoms with van der Waals surface area (Å²) >= 11 is 3.43. The molecular formula is C19H21BrN2O. The molecule has 3 rings (SSSR count). The zero-order chi connectivity index (χ0) is 16.2. The third-order valence-corrected chi connectivity index (χ3v) is 4.85. The van der Waals surface area contributed by atoms with Crippen LogP contribution in [-0.2, 0) is 4.79 Å². The number of hydrogen-bond acceptors (Lipinski definition) is 2.